The molecule has 0 saturated heterocycles. The van der Waals surface area contributed by atoms with Gasteiger partial charge < -0.3 is 21.1 Å². The Labute approximate surface area is 121 Å². The molecule has 0 saturated carbocycles. The van der Waals surface area contributed by atoms with Crippen LogP contribution >= 0.6 is 0 Å². The van der Waals surface area contributed by atoms with Gasteiger partial charge in [-0.25, -0.2) is 4.79 Å². The van der Waals surface area contributed by atoms with E-state index in [1.54, 1.807) is 42.5 Å². The van der Waals surface area contributed by atoms with Gasteiger partial charge in [-0.15, -0.1) is 0 Å². The van der Waals surface area contributed by atoms with Crippen molar-refractivity contribution in [3.05, 3.63) is 48.5 Å². The Morgan fingerprint density at radius 2 is 1.43 bits per heavy atom. The number of nitrogens with one attached hydrogen (secondary N) is 3. The van der Waals surface area contributed by atoms with E-state index in [9.17, 15) is 14.7 Å². The summed E-state index contributed by atoms with van der Waals surface area (Å²) in [5, 5.41) is 17.4. The minimum Gasteiger partial charge on any atom is -0.506 e. The molecule has 108 valence electrons. The number of para-hydroxylation sites is 2. The molecule has 0 aliphatic heterocycles. The highest BCUT2D eigenvalue weighted by Gasteiger charge is 2.05. The Morgan fingerprint density at radius 3 is 2.00 bits per heavy atom. The molecule has 4 N–H and O–H groups in total. The first-order valence-corrected chi connectivity index (χ1v) is 6.28. The molecule has 2 aromatic rings. The van der Waals surface area contributed by atoms with Gasteiger partial charge in [-0.3, -0.25) is 4.79 Å². The van der Waals surface area contributed by atoms with Crippen molar-refractivity contribution in [2.75, 3.05) is 16.0 Å². The third-order valence-electron chi connectivity index (χ3n) is 2.62. The van der Waals surface area contributed by atoms with Crippen LogP contribution in [0.1, 0.15) is 6.92 Å². The molecule has 0 aliphatic rings. The van der Waals surface area contributed by atoms with Gasteiger partial charge in [-0.1, -0.05) is 12.1 Å². The number of hydrogen-bond acceptors (Lipinski definition) is 3. The fourth-order valence-corrected chi connectivity index (χ4v) is 1.70. The topological polar surface area (TPSA) is 90.5 Å². The van der Waals surface area contributed by atoms with Crippen molar-refractivity contribution in [1.29, 1.82) is 0 Å². The lowest BCUT2D eigenvalue weighted by molar-refractivity contribution is -0.114. The van der Waals surface area contributed by atoms with Crippen molar-refractivity contribution >= 4 is 29.0 Å². The number of amides is 3. The normalized spacial score (nSPS) is 9.76. The van der Waals surface area contributed by atoms with Crippen molar-refractivity contribution in [2.45, 2.75) is 6.92 Å². The van der Waals surface area contributed by atoms with Gasteiger partial charge in [-0.2, -0.15) is 0 Å². The quantitative estimate of drug-likeness (QED) is 0.653. The van der Waals surface area contributed by atoms with Crippen molar-refractivity contribution in [2.24, 2.45) is 0 Å². The summed E-state index contributed by atoms with van der Waals surface area (Å²) in [6.07, 6.45) is 0. The first-order valence-electron chi connectivity index (χ1n) is 6.28. The van der Waals surface area contributed by atoms with E-state index < -0.39 is 6.03 Å². The van der Waals surface area contributed by atoms with E-state index >= 15 is 0 Å². The van der Waals surface area contributed by atoms with Crippen LogP contribution in [0.3, 0.4) is 0 Å². The number of phenols is 1. The van der Waals surface area contributed by atoms with Crippen LogP contribution in [0.25, 0.3) is 0 Å². The lowest BCUT2D eigenvalue weighted by atomic mass is 10.2. The summed E-state index contributed by atoms with van der Waals surface area (Å²) in [6, 6.07) is 12.7. The van der Waals surface area contributed by atoms with Crippen molar-refractivity contribution in [3.63, 3.8) is 0 Å². The van der Waals surface area contributed by atoms with Crippen LogP contribution in [0, 0.1) is 0 Å². The number of anilines is 3. The van der Waals surface area contributed by atoms with Gasteiger partial charge in [-0.05, 0) is 36.4 Å². The molecule has 3 amide bonds. The standard InChI is InChI=1S/C15H15N3O3/c1-10(19)16-11-6-8-12(9-7-11)17-15(21)18-13-4-2-3-5-14(13)20/h2-9,20H,1H3,(H,16,19)(H2,17,18,21). The number of phenolic OH excluding ortho intramolecular Hbond substituents is 1. The van der Waals surface area contributed by atoms with Crippen molar-refractivity contribution in [1.82, 2.24) is 0 Å². The van der Waals surface area contributed by atoms with Crippen molar-refractivity contribution in [3.8, 4) is 5.75 Å². The highest BCUT2D eigenvalue weighted by Crippen LogP contribution is 2.21. The second-order valence-electron chi connectivity index (χ2n) is 4.35. The molecule has 0 spiro atoms. The summed E-state index contributed by atoms with van der Waals surface area (Å²) in [6.45, 7) is 1.42. The van der Waals surface area contributed by atoms with E-state index in [-0.39, 0.29) is 11.7 Å². The zero-order valence-electron chi connectivity index (χ0n) is 11.4. The number of benzene rings is 2. The molecule has 6 heteroatoms. The second kappa shape index (κ2) is 6.42. The number of aromatic hydroxyl groups is 1. The van der Waals surface area contributed by atoms with Crippen LogP contribution < -0.4 is 16.0 Å². The third kappa shape index (κ3) is 4.24. The summed E-state index contributed by atoms with van der Waals surface area (Å²) in [4.78, 5) is 22.7. The number of rotatable bonds is 3. The summed E-state index contributed by atoms with van der Waals surface area (Å²) < 4.78 is 0. The maximum Gasteiger partial charge on any atom is 0.323 e. The number of carbonyl (C=O) groups is 2. The van der Waals surface area contributed by atoms with Crippen LogP contribution in [-0.2, 0) is 4.79 Å². The maximum absolute atomic E-state index is 11.8. The van der Waals surface area contributed by atoms with Gasteiger partial charge in [0.05, 0.1) is 5.69 Å². The van der Waals surface area contributed by atoms with Gasteiger partial charge in [0, 0.05) is 18.3 Å². The van der Waals surface area contributed by atoms with Gasteiger partial charge in [0.15, 0.2) is 0 Å². The first kappa shape index (κ1) is 14.4. The first-order chi connectivity index (χ1) is 10.0. The van der Waals surface area contributed by atoms with Gasteiger partial charge in [0.2, 0.25) is 5.91 Å². The predicted octanol–water partition coefficient (Wildman–Crippen LogP) is 2.99. The molecule has 0 aliphatic carbocycles. The third-order valence-corrected chi connectivity index (χ3v) is 2.62. The van der Waals surface area contributed by atoms with E-state index in [1.165, 1.54) is 13.0 Å². The number of urea groups is 1. The average molecular weight is 285 g/mol. The molecule has 0 fully saturated rings. The van der Waals surface area contributed by atoms with E-state index in [4.69, 9.17) is 0 Å². The molecular formula is C15H15N3O3. The minimum atomic E-state index is -0.469. The lowest BCUT2D eigenvalue weighted by Crippen LogP contribution is -2.19. The zero-order valence-corrected chi connectivity index (χ0v) is 11.4. The van der Waals surface area contributed by atoms with Crippen LogP contribution in [0.5, 0.6) is 5.75 Å². The number of hydrogen-bond donors (Lipinski definition) is 4. The fraction of sp³-hybridized carbons (Fsp3) is 0.0667. The molecule has 0 heterocycles. The van der Waals surface area contributed by atoms with E-state index in [1.807, 2.05) is 0 Å². The molecular weight excluding hydrogens is 270 g/mol. The summed E-state index contributed by atoms with van der Waals surface area (Å²) >= 11 is 0. The molecule has 0 atom stereocenters. The molecule has 0 bridgehead atoms. The summed E-state index contributed by atoms with van der Waals surface area (Å²) in [5.41, 5.74) is 1.54. The highest BCUT2D eigenvalue weighted by atomic mass is 16.3. The smallest absolute Gasteiger partial charge is 0.323 e. The SMILES string of the molecule is CC(=O)Nc1ccc(NC(=O)Nc2ccccc2O)cc1. The van der Waals surface area contributed by atoms with Crippen LogP contribution in [0.15, 0.2) is 48.5 Å². The fourth-order valence-electron chi connectivity index (χ4n) is 1.70. The van der Waals surface area contributed by atoms with E-state index in [2.05, 4.69) is 16.0 Å². The Kier molecular flexibility index (Phi) is 4.40. The molecule has 2 rings (SSSR count). The monoisotopic (exact) mass is 285 g/mol. The van der Waals surface area contributed by atoms with Gasteiger partial charge >= 0.3 is 6.03 Å². The van der Waals surface area contributed by atoms with Gasteiger partial charge in [0.25, 0.3) is 0 Å². The Hall–Kier alpha value is -3.02. The maximum atomic E-state index is 11.8. The van der Waals surface area contributed by atoms with E-state index in [0.29, 0.717) is 17.1 Å². The highest BCUT2D eigenvalue weighted by molar-refractivity contribution is 6.00. The molecule has 21 heavy (non-hydrogen) atoms. The Morgan fingerprint density at radius 1 is 0.857 bits per heavy atom. The Bertz CT molecular complexity index is 653. The van der Waals surface area contributed by atoms with Crippen LogP contribution in [0.2, 0.25) is 0 Å². The zero-order chi connectivity index (χ0) is 15.2. The molecule has 0 unspecified atom stereocenters. The van der Waals surface area contributed by atoms with Gasteiger partial charge in [0.1, 0.15) is 5.75 Å². The minimum absolute atomic E-state index is 0.00587. The van der Waals surface area contributed by atoms with E-state index in [0.717, 1.165) is 0 Å². The average Bonchev–Trinajstić information content (AvgIpc) is 2.43. The molecule has 0 aromatic heterocycles. The predicted molar refractivity (Wildman–Crippen MR) is 81.5 cm³/mol. The second-order valence-corrected chi connectivity index (χ2v) is 4.35. The molecule has 2 aromatic carbocycles. The van der Waals surface area contributed by atoms with Crippen LogP contribution in [-0.4, -0.2) is 17.0 Å². The Balaban J connectivity index is 1.96. The largest absolute Gasteiger partial charge is 0.506 e. The number of carbonyl (C=O) groups excluding carboxylic acids is 2. The molecule has 6 nitrogen and oxygen atoms in total. The van der Waals surface area contributed by atoms with Crippen LogP contribution in [0.4, 0.5) is 21.9 Å². The molecule has 0 radical (unpaired) electrons. The lowest BCUT2D eigenvalue weighted by Gasteiger charge is -2.09. The summed E-state index contributed by atoms with van der Waals surface area (Å²) in [5.74, 6) is -0.165. The van der Waals surface area contributed by atoms with Crippen molar-refractivity contribution < 1.29 is 14.7 Å². The summed E-state index contributed by atoms with van der Waals surface area (Å²) in [7, 11) is 0.